The second kappa shape index (κ2) is 11.2. The first-order chi connectivity index (χ1) is 9.57. The Kier molecular flexibility index (Phi) is 11.1. The van der Waals surface area contributed by atoms with Crippen molar-refractivity contribution in [2.24, 2.45) is 22.2 Å². The number of carboxylic acids is 3. The SMILES string of the molecule is C/C(=C\C(=O)O)C(=O)O.NC(N)=NCCCC(N)C(=O)O. The lowest BCUT2D eigenvalue weighted by atomic mass is 10.2. The fraction of sp³-hybridized carbons (Fsp3) is 0.455. The van der Waals surface area contributed by atoms with E-state index in [-0.39, 0.29) is 11.5 Å². The molecule has 0 saturated carbocycles. The molecular weight excluding hydrogens is 284 g/mol. The number of guanidine groups is 1. The van der Waals surface area contributed by atoms with Gasteiger partial charge in [0.1, 0.15) is 6.04 Å². The zero-order chi connectivity index (χ0) is 17.0. The number of aliphatic imine (C=N–C) groups is 1. The summed E-state index contributed by atoms with van der Waals surface area (Å²) in [5.41, 5.74) is 15.1. The van der Waals surface area contributed by atoms with Crippen molar-refractivity contribution in [3.63, 3.8) is 0 Å². The molecule has 0 amide bonds. The first-order valence-electron chi connectivity index (χ1n) is 5.76. The molecule has 0 aliphatic heterocycles. The van der Waals surface area contributed by atoms with Crippen LogP contribution in [0.4, 0.5) is 0 Å². The Morgan fingerprint density at radius 3 is 2.00 bits per heavy atom. The van der Waals surface area contributed by atoms with Gasteiger partial charge in [0.2, 0.25) is 0 Å². The molecule has 10 heteroatoms. The van der Waals surface area contributed by atoms with Gasteiger partial charge in [-0.2, -0.15) is 0 Å². The Hall–Kier alpha value is -2.62. The number of carboxylic acid groups (broad SMARTS) is 3. The Morgan fingerprint density at radius 1 is 1.19 bits per heavy atom. The van der Waals surface area contributed by atoms with Gasteiger partial charge in [-0.25, -0.2) is 9.59 Å². The summed E-state index contributed by atoms with van der Waals surface area (Å²) in [6, 6.07) is -0.820. The molecule has 0 spiro atoms. The summed E-state index contributed by atoms with van der Waals surface area (Å²) in [5, 5.41) is 24.5. The number of nitrogens with zero attached hydrogens (tertiary/aromatic N) is 1. The second-order valence-corrected chi connectivity index (χ2v) is 3.86. The molecule has 0 fully saturated rings. The van der Waals surface area contributed by atoms with Crippen LogP contribution in [0.25, 0.3) is 0 Å². The Morgan fingerprint density at radius 2 is 1.71 bits per heavy atom. The van der Waals surface area contributed by atoms with Crippen LogP contribution >= 0.6 is 0 Å². The van der Waals surface area contributed by atoms with E-state index in [1.807, 2.05) is 0 Å². The summed E-state index contributed by atoms with van der Waals surface area (Å²) in [6.45, 7) is 1.64. The zero-order valence-electron chi connectivity index (χ0n) is 11.5. The van der Waals surface area contributed by atoms with Gasteiger partial charge in [-0.3, -0.25) is 9.79 Å². The van der Waals surface area contributed by atoms with Gasteiger partial charge in [0.05, 0.1) is 0 Å². The van der Waals surface area contributed by atoms with E-state index in [2.05, 4.69) is 4.99 Å². The molecule has 0 aliphatic rings. The largest absolute Gasteiger partial charge is 0.480 e. The molecule has 120 valence electrons. The van der Waals surface area contributed by atoms with E-state index in [4.69, 9.17) is 32.5 Å². The van der Waals surface area contributed by atoms with Crippen LogP contribution in [0.5, 0.6) is 0 Å². The summed E-state index contributed by atoms with van der Waals surface area (Å²) in [5.74, 6) is -3.44. The Balaban J connectivity index is 0. The minimum Gasteiger partial charge on any atom is -0.480 e. The van der Waals surface area contributed by atoms with Crippen molar-refractivity contribution in [1.29, 1.82) is 0 Å². The van der Waals surface area contributed by atoms with Crippen LogP contribution in [0.2, 0.25) is 0 Å². The highest BCUT2D eigenvalue weighted by Gasteiger charge is 2.09. The van der Waals surface area contributed by atoms with E-state index in [1.165, 1.54) is 6.92 Å². The third-order valence-electron chi connectivity index (χ3n) is 1.96. The predicted molar refractivity (Wildman–Crippen MR) is 74.6 cm³/mol. The summed E-state index contributed by atoms with van der Waals surface area (Å²) in [4.78, 5) is 33.6. The van der Waals surface area contributed by atoms with Gasteiger partial charge in [-0.15, -0.1) is 0 Å². The normalized spacial score (nSPS) is 11.6. The molecule has 9 N–H and O–H groups in total. The third kappa shape index (κ3) is 15.3. The number of nitrogens with two attached hydrogens (primary N) is 3. The summed E-state index contributed by atoms with van der Waals surface area (Å²) < 4.78 is 0. The van der Waals surface area contributed by atoms with Crippen LogP contribution in [0, 0.1) is 0 Å². The number of hydrogen-bond acceptors (Lipinski definition) is 5. The van der Waals surface area contributed by atoms with Gasteiger partial charge >= 0.3 is 17.9 Å². The summed E-state index contributed by atoms with van der Waals surface area (Å²) in [6.07, 6.45) is 1.60. The molecule has 0 bridgehead atoms. The number of carbonyl (C=O) groups is 3. The molecule has 1 unspecified atom stereocenters. The maximum Gasteiger partial charge on any atom is 0.331 e. The van der Waals surface area contributed by atoms with E-state index in [9.17, 15) is 14.4 Å². The maximum atomic E-state index is 10.2. The number of aliphatic carboxylic acids is 3. The van der Waals surface area contributed by atoms with Crippen molar-refractivity contribution in [1.82, 2.24) is 0 Å². The molecule has 0 rings (SSSR count). The van der Waals surface area contributed by atoms with Crippen molar-refractivity contribution >= 4 is 23.9 Å². The van der Waals surface area contributed by atoms with Gasteiger partial charge in [-0.1, -0.05) is 0 Å². The van der Waals surface area contributed by atoms with Crippen LogP contribution in [-0.2, 0) is 14.4 Å². The van der Waals surface area contributed by atoms with Crippen molar-refractivity contribution in [3.8, 4) is 0 Å². The molecule has 0 aromatic rings. The molecule has 1 atom stereocenters. The van der Waals surface area contributed by atoms with Crippen molar-refractivity contribution < 1.29 is 29.7 Å². The molecule has 0 aromatic carbocycles. The molecule has 0 aromatic heterocycles. The average molecular weight is 304 g/mol. The van der Waals surface area contributed by atoms with Crippen LogP contribution in [0.1, 0.15) is 19.8 Å². The van der Waals surface area contributed by atoms with E-state index < -0.39 is 23.9 Å². The fourth-order valence-electron chi connectivity index (χ4n) is 0.890. The van der Waals surface area contributed by atoms with Crippen molar-refractivity contribution in [2.75, 3.05) is 6.54 Å². The topological polar surface area (TPSA) is 202 Å². The highest BCUT2D eigenvalue weighted by molar-refractivity contribution is 5.94. The summed E-state index contributed by atoms with van der Waals surface area (Å²) in [7, 11) is 0. The highest BCUT2D eigenvalue weighted by atomic mass is 16.4. The standard InChI is InChI=1S/C6H14N4O2.C5H6O4/c7-4(5(11)12)2-1-3-10-6(8)9;1-3(5(8)9)2-4(6)7/h4H,1-3,7H2,(H,11,12)(H4,8,9,10);2H,1H3,(H,6,7)(H,8,9)/b;3-2+. The number of rotatable bonds is 7. The molecule has 0 aliphatic carbocycles. The lowest BCUT2D eigenvalue weighted by Crippen LogP contribution is -2.30. The van der Waals surface area contributed by atoms with E-state index in [0.29, 0.717) is 25.5 Å². The summed E-state index contributed by atoms with van der Waals surface area (Å²) >= 11 is 0. The number of hydrogen-bond donors (Lipinski definition) is 6. The quantitative estimate of drug-likeness (QED) is 0.141. The molecule has 0 radical (unpaired) electrons. The van der Waals surface area contributed by atoms with E-state index in [0.717, 1.165) is 0 Å². The minimum atomic E-state index is -1.24. The van der Waals surface area contributed by atoms with Crippen LogP contribution in [-0.4, -0.2) is 51.8 Å². The van der Waals surface area contributed by atoms with E-state index >= 15 is 0 Å². The van der Waals surface area contributed by atoms with Crippen molar-refractivity contribution in [3.05, 3.63) is 11.6 Å². The fourth-order valence-corrected chi connectivity index (χ4v) is 0.890. The lowest BCUT2D eigenvalue weighted by Gasteiger charge is -2.03. The van der Waals surface area contributed by atoms with Gasteiger partial charge in [-0.05, 0) is 19.8 Å². The van der Waals surface area contributed by atoms with Crippen LogP contribution < -0.4 is 17.2 Å². The van der Waals surface area contributed by atoms with Crippen LogP contribution in [0.3, 0.4) is 0 Å². The monoisotopic (exact) mass is 304 g/mol. The molecule has 0 saturated heterocycles. The predicted octanol–water partition coefficient (Wildman–Crippen LogP) is -1.45. The van der Waals surface area contributed by atoms with Gasteiger partial charge in [0, 0.05) is 18.2 Å². The minimum absolute atomic E-state index is 0.0129. The van der Waals surface area contributed by atoms with Gasteiger partial charge in [0.25, 0.3) is 0 Å². The third-order valence-corrected chi connectivity index (χ3v) is 1.96. The van der Waals surface area contributed by atoms with Crippen LogP contribution in [0.15, 0.2) is 16.6 Å². The first kappa shape index (κ1) is 20.7. The Bertz CT molecular complexity index is 428. The first-order valence-corrected chi connectivity index (χ1v) is 5.76. The highest BCUT2D eigenvalue weighted by Crippen LogP contribution is 1.94. The van der Waals surface area contributed by atoms with E-state index in [1.54, 1.807) is 0 Å². The van der Waals surface area contributed by atoms with Gasteiger partial charge < -0.3 is 32.5 Å². The molecule has 10 nitrogen and oxygen atoms in total. The molecule has 0 heterocycles. The smallest absolute Gasteiger partial charge is 0.331 e. The Labute approximate surface area is 120 Å². The maximum absolute atomic E-state index is 10.2. The lowest BCUT2D eigenvalue weighted by molar-refractivity contribution is -0.138. The van der Waals surface area contributed by atoms with Gasteiger partial charge in [0.15, 0.2) is 5.96 Å². The van der Waals surface area contributed by atoms with Crippen molar-refractivity contribution in [2.45, 2.75) is 25.8 Å². The average Bonchev–Trinajstić information content (AvgIpc) is 2.33. The molecule has 21 heavy (non-hydrogen) atoms. The second-order valence-electron chi connectivity index (χ2n) is 3.86. The zero-order valence-corrected chi connectivity index (χ0v) is 11.5. The molecular formula is C11H20N4O6.